The SMILES string of the molecule is O=C(OC(=O)[C@@H]1CCCN1)C(O)CS. The van der Waals surface area contributed by atoms with E-state index in [9.17, 15) is 9.59 Å². The number of rotatable bonds is 3. The zero-order chi connectivity index (χ0) is 10.6. The molecule has 5 nitrogen and oxygen atoms in total. The fraction of sp³-hybridized carbons (Fsp3) is 0.750. The van der Waals surface area contributed by atoms with Crippen LogP contribution in [-0.4, -0.2) is 41.5 Å². The Labute approximate surface area is 87.2 Å². The molecule has 1 rings (SSSR count). The molecule has 0 spiro atoms. The summed E-state index contributed by atoms with van der Waals surface area (Å²) >= 11 is 3.71. The van der Waals surface area contributed by atoms with Crippen molar-refractivity contribution >= 4 is 24.6 Å². The van der Waals surface area contributed by atoms with E-state index in [2.05, 4.69) is 22.7 Å². The van der Waals surface area contributed by atoms with Gasteiger partial charge in [-0.15, -0.1) is 0 Å². The number of hydrogen-bond acceptors (Lipinski definition) is 6. The van der Waals surface area contributed by atoms with E-state index in [0.29, 0.717) is 6.42 Å². The van der Waals surface area contributed by atoms with Crippen molar-refractivity contribution in [3.8, 4) is 0 Å². The molecule has 0 aromatic carbocycles. The second-order valence-corrected chi connectivity index (χ2v) is 3.45. The number of hydrogen-bond donors (Lipinski definition) is 3. The van der Waals surface area contributed by atoms with Gasteiger partial charge >= 0.3 is 11.9 Å². The summed E-state index contributed by atoms with van der Waals surface area (Å²) in [4.78, 5) is 22.2. The molecule has 1 saturated heterocycles. The Balaban J connectivity index is 2.35. The minimum atomic E-state index is -1.33. The molecule has 0 bridgehead atoms. The van der Waals surface area contributed by atoms with Crippen LogP contribution >= 0.6 is 12.6 Å². The molecule has 0 aromatic rings. The van der Waals surface area contributed by atoms with Crippen molar-refractivity contribution in [2.75, 3.05) is 12.3 Å². The van der Waals surface area contributed by atoms with Crippen LogP contribution in [0.2, 0.25) is 0 Å². The van der Waals surface area contributed by atoms with E-state index in [0.717, 1.165) is 13.0 Å². The third-order valence-electron chi connectivity index (χ3n) is 1.99. The minimum absolute atomic E-state index is 0.0514. The lowest BCUT2D eigenvalue weighted by Gasteiger charge is -2.10. The molecule has 1 fully saturated rings. The average Bonchev–Trinajstić information content (AvgIpc) is 2.69. The molecule has 2 N–H and O–H groups in total. The Bertz CT molecular complexity index is 227. The first-order valence-electron chi connectivity index (χ1n) is 4.43. The van der Waals surface area contributed by atoms with Crippen LogP contribution in [-0.2, 0) is 14.3 Å². The third-order valence-corrected chi connectivity index (χ3v) is 2.34. The summed E-state index contributed by atoms with van der Waals surface area (Å²) in [6, 6.07) is -0.411. The number of ether oxygens (including phenoxy) is 1. The quantitative estimate of drug-likeness (QED) is 0.326. The molecule has 1 heterocycles. The first-order chi connectivity index (χ1) is 6.65. The second-order valence-electron chi connectivity index (χ2n) is 3.09. The summed E-state index contributed by atoms with van der Waals surface area (Å²) in [6.07, 6.45) is 0.232. The molecule has 14 heavy (non-hydrogen) atoms. The minimum Gasteiger partial charge on any atom is -0.390 e. The highest BCUT2D eigenvalue weighted by molar-refractivity contribution is 7.80. The highest BCUT2D eigenvalue weighted by Gasteiger charge is 2.27. The van der Waals surface area contributed by atoms with Gasteiger partial charge in [0.05, 0.1) is 0 Å². The summed E-state index contributed by atoms with van der Waals surface area (Å²) in [6.45, 7) is 0.753. The average molecular weight is 219 g/mol. The van der Waals surface area contributed by atoms with E-state index in [1.54, 1.807) is 0 Å². The first kappa shape index (κ1) is 11.5. The number of aliphatic hydroxyl groups excluding tert-OH is 1. The van der Waals surface area contributed by atoms with Crippen molar-refractivity contribution < 1.29 is 19.4 Å². The Morgan fingerprint density at radius 1 is 1.64 bits per heavy atom. The van der Waals surface area contributed by atoms with Gasteiger partial charge in [-0.05, 0) is 19.4 Å². The summed E-state index contributed by atoms with van der Waals surface area (Å²) in [7, 11) is 0. The fourth-order valence-corrected chi connectivity index (χ4v) is 1.35. The van der Waals surface area contributed by atoms with Crippen LogP contribution in [0.3, 0.4) is 0 Å². The van der Waals surface area contributed by atoms with Gasteiger partial charge in [-0.25, -0.2) is 9.59 Å². The number of aliphatic hydroxyl groups is 1. The number of thiol groups is 1. The highest BCUT2D eigenvalue weighted by Crippen LogP contribution is 2.07. The van der Waals surface area contributed by atoms with E-state index in [1.807, 2.05) is 0 Å². The van der Waals surface area contributed by atoms with E-state index >= 15 is 0 Å². The number of carbonyl (C=O) groups is 2. The molecule has 0 aliphatic carbocycles. The zero-order valence-corrected chi connectivity index (χ0v) is 8.50. The van der Waals surface area contributed by atoms with Crippen molar-refractivity contribution in [3.05, 3.63) is 0 Å². The number of esters is 2. The van der Waals surface area contributed by atoms with Gasteiger partial charge in [0.15, 0.2) is 6.10 Å². The van der Waals surface area contributed by atoms with E-state index in [1.165, 1.54) is 0 Å². The Morgan fingerprint density at radius 2 is 2.36 bits per heavy atom. The lowest BCUT2D eigenvalue weighted by molar-refractivity contribution is -0.166. The molecule has 2 atom stereocenters. The van der Waals surface area contributed by atoms with E-state index in [-0.39, 0.29) is 5.75 Å². The standard InChI is InChI=1S/C8H13NO4S/c10-6(4-14)8(12)13-7(11)5-2-1-3-9-5/h5-6,9-10,14H,1-4H2/t5-,6?/m0/s1. The van der Waals surface area contributed by atoms with Crippen molar-refractivity contribution in [1.82, 2.24) is 5.32 Å². The molecule has 80 valence electrons. The predicted octanol–water partition coefficient (Wildman–Crippen LogP) is -0.901. The maximum Gasteiger partial charge on any atom is 0.343 e. The van der Waals surface area contributed by atoms with E-state index in [4.69, 9.17) is 5.11 Å². The fourth-order valence-electron chi connectivity index (χ4n) is 1.20. The summed E-state index contributed by atoms with van der Waals surface area (Å²) in [5, 5.41) is 11.9. The van der Waals surface area contributed by atoms with E-state index < -0.39 is 24.1 Å². The van der Waals surface area contributed by atoms with Crippen LogP contribution in [0.5, 0.6) is 0 Å². The van der Waals surface area contributed by atoms with Crippen LogP contribution in [0, 0.1) is 0 Å². The largest absolute Gasteiger partial charge is 0.390 e. The molecule has 1 aliphatic rings. The Hall–Kier alpha value is -0.590. The van der Waals surface area contributed by atoms with Gasteiger partial charge < -0.3 is 15.2 Å². The Kier molecular flexibility index (Phi) is 4.37. The summed E-state index contributed by atoms with van der Waals surface area (Å²) in [5.74, 6) is -1.60. The highest BCUT2D eigenvalue weighted by atomic mass is 32.1. The molecular weight excluding hydrogens is 206 g/mol. The van der Waals surface area contributed by atoms with Crippen LogP contribution < -0.4 is 5.32 Å². The van der Waals surface area contributed by atoms with Gasteiger partial charge in [-0.3, -0.25) is 0 Å². The number of carbonyl (C=O) groups excluding carboxylic acids is 2. The third kappa shape index (κ3) is 2.97. The molecule has 1 aliphatic heterocycles. The maximum atomic E-state index is 11.2. The normalized spacial score (nSPS) is 23.1. The van der Waals surface area contributed by atoms with Crippen molar-refractivity contribution in [3.63, 3.8) is 0 Å². The van der Waals surface area contributed by atoms with Gasteiger partial charge in [0, 0.05) is 5.75 Å². The topological polar surface area (TPSA) is 75.6 Å². The molecule has 0 saturated carbocycles. The van der Waals surface area contributed by atoms with Gasteiger partial charge in [0.2, 0.25) is 0 Å². The molecule has 1 unspecified atom stereocenters. The van der Waals surface area contributed by atoms with Gasteiger partial charge in [-0.2, -0.15) is 12.6 Å². The van der Waals surface area contributed by atoms with Gasteiger partial charge in [0.25, 0.3) is 0 Å². The molecule has 0 amide bonds. The molecule has 0 radical (unpaired) electrons. The molecular formula is C8H13NO4S. The van der Waals surface area contributed by atoms with Crippen LogP contribution in [0.25, 0.3) is 0 Å². The summed E-state index contributed by atoms with van der Waals surface area (Å²) in [5.41, 5.74) is 0. The second kappa shape index (κ2) is 5.33. The van der Waals surface area contributed by atoms with Crippen LogP contribution in [0.15, 0.2) is 0 Å². The lowest BCUT2D eigenvalue weighted by Crippen LogP contribution is -2.37. The zero-order valence-electron chi connectivity index (χ0n) is 7.60. The smallest absolute Gasteiger partial charge is 0.343 e. The van der Waals surface area contributed by atoms with Gasteiger partial charge in [0.1, 0.15) is 6.04 Å². The van der Waals surface area contributed by atoms with Crippen LogP contribution in [0.4, 0.5) is 0 Å². The maximum absolute atomic E-state index is 11.2. The Morgan fingerprint density at radius 3 is 2.86 bits per heavy atom. The van der Waals surface area contributed by atoms with Crippen molar-refractivity contribution in [2.45, 2.75) is 25.0 Å². The van der Waals surface area contributed by atoms with Crippen LogP contribution in [0.1, 0.15) is 12.8 Å². The van der Waals surface area contributed by atoms with Gasteiger partial charge in [-0.1, -0.05) is 0 Å². The predicted molar refractivity (Wildman–Crippen MR) is 52.0 cm³/mol. The lowest BCUT2D eigenvalue weighted by atomic mass is 10.2. The molecule has 6 heteroatoms. The first-order valence-corrected chi connectivity index (χ1v) is 5.06. The number of nitrogens with one attached hydrogen (secondary N) is 1. The monoisotopic (exact) mass is 219 g/mol. The summed E-state index contributed by atoms with van der Waals surface area (Å²) < 4.78 is 4.45. The van der Waals surface area contributed by atoms with Crippen molar-refractivity contribution in [1.29, 1.82) is 0 Å². The molecule has 0 aromatic heterocycles. The van der Waals surface area contributed by atoms with Crippen molar-refractivity contribution in [2.24, 2.45) is 0 Å².